The lowest BCUT2D eigenvalue weighted by Gasteiger charge is -2.25. The molecule has 2 aliphatic rings. The summed E-state index contributed by atoms with van der Waals surface area (Å²) in [6, 6.07) is 8.36. The minimum absolute atomic E-state index is 0.132. The Morgan fingerprint density at radius 3 is 2.25 bits per heavy atom. The van der Waals surface area contributed by atoms with E-state index in [9.17, 15) is 4.79 Å². The summed E-state index contributed by atoms with van der Waals surface area (Å²) in [5, 5.41) is 3.12. The molecule has 0 saturated heterocycles. The molecule has 0 aliphatic heterocycles. The molecule has 1 aromatic carbocycles. The fraction of sp³-hybridized carbons (Fsp3) is 0.588. The zero-order chi connectivity index (χ0) is 14.6. The first kappa shape index (κ1) is 13.6. The van der Waals surface area contributed by atoms with Crippen LogP contribution in [0.25, 0.3) is 0 Å². The molecule has 0 unspecified atom stereocenters. The smallest absolute Gasteiger partial charge is 0.231 e. The maximum absolute atomic E-state index is 12.6. The highest BCUT2D eigenvalue weighted by molar-refractivity contribution is 5.91. The standard InChI is InChI=1S/C17H24N2O/c1-15(2,3)19-14(20)16(7-8-16)12-5-4-6-13(11-12)17(18)9-10-17/h4-6,11H,7-10,18H2,1-3H3,(H,19,20). The number of nitrogens with two attached hydrogens (primary N) is 1. The zero-order valence-electron chi connectivity index (χ0n) is 12.6. The average Bonchev–Trinajstić information content (AvgIpc) is 3.22. The second kappa shape index (κ2) is 4.08. The highest BCUT2D eigenvalue weighted by atomic mass is 16.2. The van der Waals surface area contributed by atoms with Crippen LogP contribution in [0, 0.1) is 0 Å². The van der Waals surface area contributed by atoms with E-state index in [0.29, 0.717) is 0 Å². The van der Waals surface area contributed by atoms with E-state index in [2.05, 4.69) is 23.5 Å². The molecule has 2 saturated carbocycles. The highest BCUT2D eigenvalue weighted by Crippen LogP contribution is 2.50. The predicted molar refractivity (Wildman–Crippen MR) is 80.3 cm³/mol. The second-order valence-electron chi connectivity index (χ2n) is 7.52. The van der Waals surface area contributed by atoms with Crippen molar-refractivity contribution >= 4 is 5.91 Å². The topological polar surface area (TPSA) is 55.1 Å². The van der Waals surface area contributed by atoms with Crippen molar-refractivity contribution < 1.29 is 4.79 Å². The van der Waals surface area contributed by atoms with E-state index in [1.54, 1.807) is 0 Å². The van der Waals surface area contributed by atoms with Crippen molar-refractivity contribution in [3.05, 3.63) is 35.4 Å². The zero-order valence-corrected chi connectivity index (χ0v) is 12.6. The molecule has 108 valence electrons. The Balaban J connectivity index is 1.87. The number of carbonyl (C=O) groups excluding carboxylic acids is 1. The Hall–Kier alpha value is -1.35. The minimum Gasteiger partial charge on any atom is -0.351 e. The van der Waals surface area contributed by atoms with Gasteiger partial charge in [0.1, 0.15) is 0 Å². The molecule has 3 N–H and O–H groups in total. The molecule has 3 nitrogen and oxygen atoms in total. The molecular weight excluding hydrogens is 248 g/mol. The van der Waals surface area contributed by atoms with Gasteiger partial charge in [-0.2, -0.15) is 0 Å². The van der Waals surface area contributed by atoms with Gasteiger partial charge in [0.25, 0.3) is 0 Å². The van der Waals surface area contributed by atoms with Crippen molar-refractivity contribution in [3.63, 3.8) is 0 Å². The number of hydrogen-bond acceptors (Lipinski definition) is 2. The summed E-state index contributed by atoms with van der Waals surface area (Å²) in [7, 11) is 0. The van der Waals surface area contributed by atoms with Crippen molar-refractivity contribution in [3.8, 4) is 0 Å². The summed E-state index contributed by atoms with van der Waals surface area (Å²) in [5.74, 6) is 0.156. The van der Waals surface area contributed by atoms with Crippen LogP contribution in [0.5, 0.6) is 0 Å². The largest absolute Gasteiger partial charge is 0.351 e. The maximum atomic E-state index is 12.6. The third-order valence-corrected chi connectivity index (χ3v) is 4.45. The first-order valence-corrected chi connectivity index (χ1v) is 7.48. The Kier molecular flexibility index (Phi) is 2.78. The van der Waals surface area contributed by atoms with Crippen LogP contribution in [0.2, 0.25) is 0 Å². The molecule has 0 atom stereocenters. The van der Waals surface area contributed by atoms with Crippen LogP contribution in [0.3, 0.4) is 0 Å². The van der Waals surface area contributed by atoms with Crippen molar-refractivity contribution in [2.75, 3.05) is 0 Å². The summed E-state index contributed by atoms with van der Waals surface area (Å²) in [6.45, 7) is 6.07. The molecule has 2 aliphatic carbocycles. The SMILES string of the molecule is CC(C)(C)NC(=O)C1(c2cccc(C3(N)CC3)c2)CC1. The molecule has 1 amide bonds. The van der Waals surface area contributed by atoms with E-state index in [1.807, 2.05) is 26.8 Å². The Bertz CT molecular complexity index is 548. The second-order valence-corrected chi connectivity index (χ2v) is 7.52. The van der Waals surface area contributed by atoms with Crippen molar-refractivity contribution in [1.29, 1.82) is 0 Å². The molecule has 0 aromatic heterocycles. The Morgan fingerprint density at radius 2 is 1.75 bits per heavy atom. The van der Waals surface area contributed by atoms with Crippen LogP contribution in [0.1, 0.15) is 57.6 Å². The van der Waals surface area contributed by atoms with E-state index in [0.717, 1.165) is 31.2 Å². The number of nitrogens with one attached hydrogen (secondary N) is 1. The molecule has 0 heterocycles. The minimum atomic E-state index is -0.311. The predicted octanol–water partition coefficient (Wildman–Crippen LogP) is 2.58. The van der Waals surface area contributed by atoms with E-state index in [1.165, 1.54) is 5.56 Å². The van der Waals surface area contributed by atoms with Crippen LogP contribution in [0.4, 0.5) is 0 Å². The van der Waals surface area contributed by atoms with E-state index < -0.39 is 0 Å². The highest BCUT2D eigenvalue weighted by Gasteiger charge is 2.52. The molecule has 3 heteroatoms. The van der Waals surface area contributed by atoms with Gasteiger partial charge in [0.05, 0.1) is 5.41 Å². The molecule has 1 aromatic rings. The summed E-state index contributed by atoms with van der Waals surface area (Å²) in [6.07, 6.45) is 3.99. The van der Waals surface area contributed by atoms with Gasteiger partial charge in [-0.25, -0.2) is 0 Å². The summed E-state index contributed by atoms with van der Waals surface area (Å²) >= 11 is 0. The van der Waals surface area contributed by atoms with E-state index in [4.69, 9.17) is 5.73 Å². The number of hydrogen-bond donors (Lipinski definition) is 2. The normalized spacial score (nSPS) is 22.2. The van der Waals surface area contributed by atoms with Gasteiger partial charge in [-0.3, -0.25) is 4.79 Å². The Morgan fingerprint density at radius 1 is 1.15 bits per heavy atom. The van der Waals surface area contributed by atoms with Gasteiger partial charge >= 0.3 is 0 Å². The van der Waals surface area contributed by atoms with Crippen molar-refractivity contribution in [2.24, 2.45) is 5.73 Å². The van der Waals surface area contributed by atoms with Crippen LogP contribution < -0.4 is 11.1 Å². The molecule has 20 heavy (non-hydrogen) atoms. The van der Waals surface area contributed by atoms with Crippen LogP contribution >= 0.6 is 0 Å². The van der Waals surface area contributed by atoms with Crippen LogP contribution in [-0.4, -0.2) is 11.4 Å². The third kappa shape index (κ3) is 2.35. The van der Waals surface area contributed by atoms with E-state index >= 15 is 0 Å². The van der Waals surface area contributed by atoms with Gasteiger partial charge in [-0.05, 0) is 57.6 Å². The van der Waals surface area contributed by atoms with Gasteiger partial charge < -0.3 is 11.1 Å². The number of rotatable bonds is 3. The van der Waals surface area contributed by atoms with Crippen molar-refractivity contribution in [2.45, 2.75) is 62.9 Å². The molecule has 0 bridgehead atoms. The first-order chi connectivity index (χ1) is 9.25. The van der Waals surface area contributed by atoms with Crippen LogP contribution in [0.15, 0.2) is 24.3 Å². The summed E-state index contributed by atoms with van der Waals surface area (Å²) < 4.78 is 0. The van der Waals surface area contributed by atoms with Crippen LogP contribution in [-0.2, 0) is 15.7 Å². The fourth-order valence-electron chi connectivity index (χ4n) is 2.78. The molecule has 2 fully saturated rings. The molecule has 0 spiro atoms. The quantitative estimate of drug-likeness (QED) is 0.888. The Labute approximate surface area is 120 Å². The lowest BCUT2D eigenvalue weighted by Crippen LogP contribution is -2.46. The van der Waals surface area contributed by atoms with E-state index in [-0.39, 0.29) is 22.4 Å². The maximum Gasteiger partial charge on any atom is 0.231 e. The van der Waals surface area contributed by atoms with Gasteiger partial charge in [-0.1, -0.05) is 24.3 Å². The van der Waals surface area contributed by atoms with Gasteiger partial charge in [0.2, 0.25) is 5.91 Å². The number of carbonyl (C=O) groups is 1. The fourth-order valence-corrected chi connectivity index (χ4v) is 2.78. The monoisotopic (exact) mass is 272 g/mol. The summed E-state index contributed by atoms with van der Waals surface area (Å²) in [5.41, 5.74) is 7.97. The lowest BCUT2D eigenvalue weighted by atomic mass is 9.90. The summed E-state index contributed by atoms with van der Waals surface area (Å²) in [4.78, 5) is 12.6. The van der Waals surface area contributed by atoms with Gasteiger partial charge in [-0.15, -0.1) is 0 Å². The van der Waals surface area contributed by atoms with Gasteiger partial charge in [0.15, 0.2) is 0 Å². The number of amides is 1. The molecular formula is C17H24N2O. The average molecular weight is 272 g/mol. The first-order valence-electron chi connectivity index (χ1n) is 7.48. The third-order valence-electron chi connectivity index (χ3n) is 4.45. The van der Waals surface area contributed by atoms with Crippen molar-refractivity contribution in [1.82, 2.24) is 5.32 Å². The van der Waals surface area contributed by atoms with Gasteiger partial charge in [0, 0.05) is 11.1 Å². The molecule has 3 rings (SSSR count). The lowest BCUT2D eigenvalue weighted by molar-refractivity contribution is -0.125. The molecule has 0 radical (unpaired) electrons. The number of benzene rings is 1.